The number of benzene rings is 4. The third-order valence-electron chi connectivity index (χ3n) is 6.18. The minimum atomic E-state index is 0.0292. The van der Waals surface area contributed by atoms with Crippen molar-refractivity contribution in [1.29, 1.82) is 0 Å². The van der Waals surface area contributed by atoms with E-state index in [0.717, 1.165) is 27.4 Å². The van der Waals surface area contributed by atoms with Gasteiger partial charge in [0.1, 0.15) is 0 Å². The van der Waals surface area contributed by atoms with Crippen LogP contribution in [0.3, 0.4) is 0 Å². The second-order valence-electron chi connectivity index (χ2n) is 8.17. The fourth-order valence-electron chi connectivity index (χ4n) is 4.45. The molecule has 0 radical (unpaired) electrons. The summed E-state index contributed by atoms with van der Waals surface area (Å²) in [5.41, 5.74) is 1.65. The van der Waals surface area contributed by atoms with Crippen LogP contribution >= 0.6 is 0 Å². The monoisotopic (exact) mass is 394 g/mol. The number of hydrogen-bond acceptors (Lipinski definition) is 2. The summed E-state index contributed by atoms with van der Waals surface area (Å²) in [7, 11) is 0. The van der Waals surface area contributed by atoms with E-state index in [9.17, 15) is 4.79 Å². The summed E-state index contributed by atoms with van der Waals surface area (Å²) in [5, 5.41) is 8.19. The number of carbonyl (C=O) groups excluding carboxylic acids is 1. The summed E-state index contributed by atoms with van der Waals surface area (Å²) >= 11 is 0. The van der Waals surface area contributed by atoms with Gasteiger partial charge in [0.15, 0.2) is 0 Å². The Morgan fingerprint density at radius 3 is 2.07 bits per heavy atom. The van der Waals surface area contributed by atoms with Gasteiger partial charge in [0, 0.05) is 17.3 Å². The fraction of sp³-hybridized carbons (Fsp3) is 0.222. The second-order valence-corrected chi connectivity index (χ2v) is 8.17. The molecule has 1 aliphatic rings. The summed E-state index contributed by atoms with van der Waals surface area (Å²) in [4.78, 5) is 15.5. The maximum Gasteiger partial charge on any atom is 0.259 e. The summed E-state index contributed by atoms with van der Waals surface area (Å²) < 4.78 is 0. The van der Waals surface area contributed by atoms with Crippen molar-refractivity contribution < 1.29 is 4.79 Å². The van der Waals surface area contributed by atoms with Crippen molar-refractivity contribution in [3.63, 3.8) is 0 Å². The average Bonchev–Trinajstić information content (AvgIpc) is 3.32. The van der Waals surface area contributed by atoms with Gasteiger partial charge in [-0.25, -0.2) is 0 Å². The molecule has 0 bridgehead atoms. The quantitative estimate of drug-likeness (QED) is 0.413. The predicted molar refractivity (Wildman–Crippen MR) is 125 cm³/mol. The van der Waals surface area contributed by atoms with Gasteiger partial charge < -0.3 is 0 Å². The van der Waals surface area contributed by atoms with Crippen LogP contribution in [0.5, 0.6) is 0 Å². The Morgan fingerprint density at radius 1 is 0.767 bits per heavy atom. The largest absolute Gasteiger partial charge is 0.297 e. The maximum absolute atomic E-state index is 13.6. The van der Waals surface area contributed by atoms with Gasteiger partial charge in [0.25, 0.3) is 5.91 Å². The molecule has 1 fully saturated rings. The van der Waals surface area contributed by atoms with Crippen molar-refractivity contribution in [2.75, 3.05) is 11.6 Å². The van der Waals surface area contributed by atoms with Crippen LogP contribution in [-0.4, -0.2) is 18.6 Å². The van der Waals surface area contributed by atoms with Crippen LogP contribution in [0.4, 0.5) is 5.69 Å². The standard InChI is InChI=1S/C27H26N2O/c30-27(24-14-13-20-7-1-3-9-22(20)17-24)29(19-28-25-11-5-6-12-25)26-16-15-21-8-2-4-10-23(21)18-26/h1-4,7-10,13-18,25,28H,5-6,11-12,19H2. The summed E-state index contributed by atoms with van der Waals surface area (Å²) in [6, 6.07) is 29.2. The van der Waals surface area contributed by atoms with Gasteiger partial charge in [-0.1, -0.05) is 73.5 Å². The molecule has 1 amide bonds. The summed E-state index contributed by atoms with van der Waals surface area (Å²) in [6.07, 6.45) is 4.92. The molecular weight excluding hydrogens is 368 g/mol. The maximum atomic E-state index is 13.6. The Balaban J connectivity index is 1.50. The van der Waals surface area contributed by atoms with E-state index in [4.69, 9.17) is 0 Å². The molecule has 4 aromatic carbocycles. The summed E-state index contributed by atoms with van der Waals surface area (Å²) in [6.45, 7) is 0.522. The number of fused-ring (bicyclic) bond motifs is 2. The van der Waals surface area contributed by atoms with Crippen LogP contribution in [0.2, 0.25) is 0 Å². The smallest absolute Gasteiger partial charge is 0.259 e. The van der Waals surface area contributed by atoms with Gasteiger partial charge in [-0.2, -0.15) is 0 Å². The molecule has 0 unspecified atom stereocenters. The Hall–Kier alpha value is -3.17. The third kappa shape index (κ3) is 3.81. The Morgan fingerprint density at radius 2 is 1.37 bits per heavy atom. The van der Waals surface area contributed by atoms with Gasteiger partial charge >= 0.3 is 0 Å². The lowest BCUT2D eigenvalue weighted by atomic mass is 10.1. The lowest BCUT2D eigenvalue weighted by Gasteiger charge is -2.26. The zero-order chi connectivity index (χ0) is 20.3. The minimum Gasteiger partial charge on any atom is -0.297 e. The number of anilines is 1. The van der Waals surface area contributed by atoms with E-state index in [0.29, 0.717) is 12.7 Å². The number of nitrogens with zero attached hydrogens (tertiary/aromatic N) is 1. The van der Waals surface area contributed by atoms with E-state index in [2.05, 4.69) is 47.8 Å². The zero-order valence-electron chi connectivity index (χ0n) is 17.1. The second kappa shape index (κ2) is 8.29. The molecular formula is C27H26N2O. The highest BCUT2D eigenvalue weighted by Gasteiger charge is 2.21. The summed E-state index contributed by atoms with van der Waals surface area (Å²) in [5.74, 6) is 0.0292. The van der Waals surface area contributed by atoms with E-state index < -0.39 is 0 Å². The SMILES string of the molecule is O=C(c1ccc2ccccc2c1)N(CNC1CCCC1)c1ccc2ccccc2c1. The number of rotatable bonds is 5. The molecule has 3 nitrogen and oxygen atoms in total. The average molecular weight is 395 g/mol. The predicted octanol–water partition coefficient (Wildman–Crippen LogP) is 6.13. The van der Waals surface area contributed by atoms with E-state index >= 15 is 0 Å². The van der Waals surface area contributed by atoms with Crippen LogP contribution in [0.1, 0.15) is 36.0 Å². The molecule has 150 valence electrons. The molecule has 30 heavy (non-hydrogen) atoms. The first-order valence-electron chi connectivity index (χ1n) is 10.8. The van der Waals surface area contributed by atoms with Gasteiger partial charge in [0.05, 0.1) is 6.67 Å². The van der Waals surface area contributed by atoms with Crippen LogP contribution in [0.15, 0.2) is 84.9 Å². The molecule has 3 heteroatoms. The number of nitrogens with one attached hydrogen (secondary N) is 1. The van der Waals surface area contributed by atoms with Crippen molar-refractivity contribution >= 4 is 33.1 Å². The first-order chi connectivity index (χ1) is 14.8. The van der Waals surface area contributed by atoms with Crippen LogP contribution < -0.4 is 10.2 Å². The van der Waals surface area contributed by atoms with Crippen molar-refractivity contribution in [2.45, 2.75) is 31.7 Å². The Labute approximate surface area is 177 Å². The lowest BCUT2D eigenvalue weighted by molar-refractivity contribution is 0.0984. The first-order valence-corrected chi connectivity index (χ1v) is 10.8. The minimum absolute atomic E-state index is 0.0292. The van der Waals surface area contributed by atoms with Crippen molar-refractivity contribution in [2.24, 2.45) is 0 Å². The Bertz CT molecular complexity index is 1190. The molecule has 0 aromatic heterocycles. The molecule has 5 rings (SSSR count). The van der Waals surface area contributed by atoms with Gasteiger partial charge in [-0.05, 0) is 58.7 Å². The van der Waals surface area contributed by atoms with E-state index in [1.165, 1.54) is 31.1 Å². The third-order valence-corrected chi connectivity index (χ3v) is 6.18. The van der Waals surface area contributed by atoms with Crippen LogP contribution in [-0.2, 0) is 0 Å². The normalized spacial score (nSPS) is 14.4. The highest BCUT2D eigenvalue weighted by Crippen LogP contribution is 2.25. The molecule has 0 atom stereocenters. The molecule has 1 saturated carbocycles. The lowest BCUT2D eigenvalue weighted by Crippen LogP contribution is -2.42. The fourth-order valence-corrected chi connectivity index (χ4v) is 4.45. The highest BCUT2D eigenvalue weighted by molar-refractivity contribution is 6.08. The van der Waals surface area contributed by atoms with Crippen LogP contribution in [0, 0.1) is 0 Å². The molecule has 0 saturated heterocycles. The van der Waals surface area contributed by atoms with Crippen molar-refractivity contribution in [3.05, 3.63) is 90.5 Å². The number of hydrogen-bond donors (Lipinski definition) is 1. The van der Waals surface area contributed by atoms with Gasteiger partial charge in [0.2, 0.25) is 0 Å². The number of carbonyl (C=O) groups is 1. The number of amides is 1. The molecule has 0 aliphatic heterocycles. The van der Waals surface area contributed by atoms with E-state index in [1.807, 2.05) is 47.4 Å². The molecule has 1 aliphatic carbocycles. The van der Waals surface area contributed by atoms with E-state index in [-0.39, 0.29) is 5.91 Å². The van der Waals surface area contributed by atoms with Crippen LogP contribution in [0.25, 0.3) is 21.5 Å². The molecule has 0 heterocycles. The van der Waals surface area contributed by atoms with Crippen molar-refractivity contribution in [1.82, 2.24) is 5.32 Å². The topological polar surface area (TPSA) is 32.3 Å². The van der Waals surface area contributed by atoms with Gasteiger partial charge in [-0.3, -0.25) is 15.0 Å². The molecule has 0 spiro atoms. The van der Waals surface area contributed by atoms with E-state index in [1.54, 1.807) is 0 Å². The highest BCUT2D eigenvalue weighted by atomic mass is 16.2. The van der Waals surface area contributed by atoms with Crippen molar-refractivity contribution in [3.8, 4) is 0 Å². The van der Waals surface area contributed by atoms with Gasteiger partial charge in [-0.15, -0.1) is 0 Å². The molecule has 4 aromatic rings. The Kier molecular flexibility index (Phi) is 5.20. The molecule has 1 N–H and O–H groups in total. The first kappa shape index (κ1) is 18.8. The zero-order valence-corrected chi connectivity index (χ0v) is 17.1.